The number of carboxylic acids is 2. The monoisotopic (exact) mass is 1980 g/mol. The van der Waals surface area contributed by atoms with E-state index in [1.54, 1.807) is 117 Å². The van der Waals surface area contributed by atoms with E-state index in [0.717, 1.165) is 54.5 Å². The van der Waals surface area contributed by atoms with Crippen LogP contribution < -0.4 is 0 Å². The summed E-state index contributed by atoms with van der Waals surface area (Å²) >= 11 is 2.23. The molecule has 4 bridgehead atoms. The zero-order valence-corrected chi connectivity index (χ0v) is 87.5. The van der Waals surface area contributed by atoms with Gasteiger partial charge in [0, 0.05) is 176 Å². The number of benzene rings is 2. The van der Waals surface area contributed by atoms with Crippen molar-refractivity contribution in [3.05, 3.63) is 71.8 Å². The fraction of sp³-hybridized carbons (Fsp3) is 0.709. The summed E-state index contributed by atoms with van der Waals surface area (Å²) < 4.78 is 24.4. The van der Waals surface area contributed by atoms with Crippen LogP contribution in [0.1, 0.15) is 224 Å². The first-order valence-corrected chi connectivity index (χ1v) is 51.7. The summed E-state index contributed by atoms with van der Waals surface area (Å²) in [6, 6.07) is 13.1. The number of rotatable bonds is 52. The summed E-state index contributed by atoms with van der Waals surface area (Å²) in [6.45, 7) is 23.7. The predicted octanol–water partition coefficient (Wildman–Crippen LogP) is 9.89. The van der Waals surface area contributed by atoms with Crippen LogP contribution in [0.3, 0.4) is 0 Å². The van der Waals surface area contributed by atoms with Crippen molar-refractivity contribution in [2.45, 2.75) is 297 Å². The number of aliphatic carboxylic acids is 2. The van der Waals surface area contributed by atoms with Crippen LogP contribution in [0.2, 0.25) is 0 Å². The van der Waals surface area contributed by atoms with Gasteiger partial charge in [-0.05, 0) is 85.2 Å². The topological polar surface area (TPSA) is 417 Å². The maximum atomic E-state index is 15.4. The van der Waals surface area contributed by atoms with Crippen LogP contribution in [0.4, 0.5) is 0 Å². The van der Waals surface area contributed by atoms with Crippen molar-refractivity contribution in [1.82, 2.24) is 49.2 Å². The van der Waals surface area contributed by atoms with Crippen molar-refractivity contribution in [2.24, 2.45) is 71.0 Å². The van der Waals surface area contributed by atoms with Crippen molar-refractivity contribution in [1.29, 1.82) is 0 Å². The van der Waals surface area contributed by atoms with Crippen molar-refractivity contribution < 1.29 is 115 Å². The average molecular weight is 1980 g/mol. The highest BCUT2D eigenvalue weighted by Crippen LogP contribution is 2.39. The van der Waals surface area contributed by atoms with Crippen LogP contribution in [0.5, 0.6) is 0 Å². The number of hydrazine groups is 1. The van der Waals surface area contributed by atoms with Crippen LogP contribution in [0.15, 0.2) is 60.7 Å². The summed E-state index contributed by atoms with van der Waals surface area (Å²) in [5.41, 5.74) is 1.55. The maximum Gasteiger partial charge on any atom is 0.307 e. The van der Waals surface area contributed by atoms with Gasteiger partial charge in [-0.3, -0.25) is 106 Å². The van der Waals surface area contributed by atoms with Gasteiger partial charge >= 0.3 is 11.9 Å². The number of carbonyl (C=O) groups excluding carboxylic acids is 16. The van der Waals surface area contributed by atoms with E-state index < -0.39 is 265 Å². The van der Waals surface area contributed by atoms with Gasteiger partial charge in [-0.2, -0.15) is 0 Å². The molecule has 2 aromatic carbocycles. The number of hydrogen-bond acceptors (Lipinski definition) is 24. The summed E-state index contributed by atoms with van der Waals surface area (Å²) in [5, 5.41) is 20.7. The Morgan fingerprint density at radius 1 is 0.424 bits per heavy atom. The summed E-state index contributed by atoms with van der Waals surface area (Å²) in [7, 11) is 11.9. The van der Waals surface area contributed by atoms with Gasteiger partial charge in [0.25, 0.3) is 0 Å². The molecule has 0 aromatic heterocycles. The number of nitrogens with zero attached hydrogens (tertiary/aromatic N) is 10. The number of carbonyl (C=O) groups is 18. The normalized spacial score (nSPS) is 21.0. The molecule has 0 spiro atoms. The molecule has 5 fully saturated rings. The van der Waals surface area contributed by atoms with Crippen molar-refractivity contribution in [2.75, 3.05) is 101 Å². The third-order valence-electron chi connectivity index (χ3n) is 29.6. The van der Waals surface area contributed by atoms with Crippen LogP contribution in [-0.4, -0.2) is 338 Å². The highest BCUT2D eigenvalue weighted by molar-refractivity contribution is 8.17. The molecule has 5 heterocycles. The highest BCUT2D eigenvalue weighted by atomic mass is 32.2. The molecule has 0 aliphatic carbocycles. The van der Waals surface area contributed by atoms with E-state index >= 15 is 38.4 Å². The van der Waals surface area contributed by atoms with Crippen LogP contribution in [-0.2, 0) is 118 Å². The maximum absolute atomic E-state index is 15.4. The second kappa shape index (κ2) is 54.8. The number of imide groups is 2. The van der Waals surface area contributed by atoms with Gasteiger partial charge < -0.3 is 58.6 Å². The molecule has 12 amide bonds. The lowest BCUT2D eigenvalue weighted by Gasteiger charge is -2.41. The van der Waals surface area contributed by atoms with E-state index in [9.17, 15) is 58.2 Å². The number of likely N-dealkylation sites (tertiary alicyclic amines) is 2. The van der Waals surface area contributed by atoms with Crippen LogP contribution in [0, 0.1) is 71.0 Å². The molecule has 20 atom stereocenters. The van der Waals surface area contributed by atoms with E-state index in [-0.39, 0.29) is 105 Å². The molecular weight excluding hydrogens is 1830 g/mol. The Labute approximate surface area is 829 Å². The largest absolute Gasteiger partial charge is 0.481 e. The number of hydrogen-bond donors (Lipinski definition) is 2. The molecule has 5 aliphatic heterocycles. The van der Waals surface area contributed by atoms with E-state index in [1.165, 1.54) is 62.1 Å². The van der Waals surface area contributed by atoms with Crippen molar-refractivity contribution in [3.8, 4) is 0 Å². The van der Waals surface area contributed by atoms with Gasteiger partial charge in [-0.15, -0.1) is 23.5 Å². The minimum Gasteiger partial charge on any atom is -0.481 e. The minimum absolute atomic E-state index is 0.150. The fourth-order valence-electron chi connectivity index (χ4n) is 21.1. The number of fused-ring (bicyclic) bond motifs is 4. The van der Waals surface area contributed by atoms with Crippen LogP contribution >= 0.6 is 23.5 Å². The van der Waals surface area contributed by atoms with E-state index in [2.05, 4.69) is 0 Å². The minimum atomic E-state index is -1.20. The van der Waals surface area contributed by atoms with Crippen molar-refractivity contribution in [3.63, 3.8) is 0 Å². The van der Waals surface area contributed by atoms with E-state index in [0.29, 0.717) is 51.6 Å². The molecule has 5 aliphatic rings. The number of amides is 12. The van der Waals surface area contributed by atoms with Gasteiger partial charge in [0.2, 0.25) is 70.9 Å². The molecule has 0 saturated carbocycles. The molecule has 5 saturated heterocycles. The molecule has 34 nitrogen and oxygen atoms in total. The van der Waals surface area contributed by atoms with Crippen molar-refractivity contribution >= 4 is 129 Å². The number of methoxy groups -OCH3 is 4. The van der Waals surface area contributed by atoms with E-state index in [1.807, 2.05) is 64.1 Å². The third kappa shape index (κ3) is 30.4. The van der Waals surface area contributed by atoms with Gasteiger partial charge in [0.1, 0.15) is 11.6 Å². The molecule has 2 aromatic rings. The molecular formula is C103H156N10O24S2. The first-order valence-electron chi connectivity index (χ1n) is 49.6. The second-order valence-corrected chi connectivity index (χ2v) is 42.8. The number of ether oxygens (including phenoxy) is 4. The Morgan fingerprint density at radius 3 is 1.06 bits per heavy atom. The Hall–Kier alpha value is -9.36. The molecule has 7 rings (SSSR count). The molecule has 6 unspecified atom stereocenters. The van der Waals surface area contributed by atoms with Crippen LogP contribution in [0.25, 0.3) is 0 Å². The zero-order chi connectivity index (χ0) is 104. The number of ketones is 4. The summed E-state index contributed by atoms with van der Waals surface area (Å²) in [5.74, 6) is -19.1. The van der Waals surface area contributed by atoms with Gasteiger partial charge in [-0.1, -0.05) is 170 Å². The van der Waals surface area contributed by atoms with Gasteiger partial charge in [-0.25, -0.2) is 0 Å². The predicted molar refractivity (Wildman–Crippen MR) is 525 cm³/mol. The standard InChI is InChI=1S/C103H156N10O24S2/c1-23-64(11)94(80(134-19)55-88(122)108-43-31-37-74(108)96(136-21)66(13)76(114)51-70(102(130)131)49-68-33-27-25-28-34-68)106(17)98(126)72(60(3)4)53-78(116)92(62(7)8)104(15)84(118)41-47-112-86(120)39-45-110-90(124)57-82(100(110)128)138-59-139-83-58-91(125)111(101(83)129)46-40-87(121)113(112)48-42-85(119)105(16)93(63(9)10)79(117)54-73(61(5)6)99(127)107(18)95(65(12)24-2)81(135-20)56-89(123)109-44-32-38-75(109)97(137-22)67(14)77(115)52-71(103(132)133)50-69-35-29-26-30-36-69/h25-30,33-36,60-67,70-75,80-83,92-97H,23-24,31-32,37-59H2,1-22H3,(H,130,131)(H,132,133)/t64?,65?,66-,67-,70+,71+,72-,73-,74-,75-,80?,81?,82?,83?,92-,93-,94-,95-,96+,97+/m0/s1. The van der Waals surface area contributed by atoms with Gasteiger partial charge in [0.05, 0.1) is 109 Å². The summed E-state index contributed by atoms with van der Waals surface area (Å²) in [6.07, 6.45) is -4.17. The number of thioether (sulfide) groups is 2. The highest BCUT2D eigenvalue weighted by Gasteiger charge is 2.50. The van der Waals surface area contributed by atoms with Gasteiger partial charge in [0.15, 0.2) is 11.6 Å². The molecule has 774 valence electrons. The fourth-order valence-corrected chi connectivity index (χ4v) is 23.7. The number of likely N-dealkylation sites (N-methyl/N-ethyl adjacent to an activating group) is 4. The SMILES string of the molecule is CCC(C)[C@@H](C(CC(=O)N1CCC[C@H]1[C@H](OC)[C@@H](C)C(=O)C[C@@H](Cc1ccccc1)C(=O)O)OC)N(C)C(=O)[C@@H](CC(=O)[C@H](C(C)C)N(C)C(=O)CCN1C(=O)CCN2C(=O)CC(SCSC3CC(=O)N(CCC(=O)N1CCC(=O)N(C)[C@H](C(=O)C[C@H](C(=O)N(C)[C@@H](C(C)CC)C(CC(=O)N1CCC[C@H]1[C@H](OC)[C@@H](C)C(=O)C[C@@H](Cc1ccccc1)C(=O)O)OC)C(C)C)C(C)C)C3=O)C2=O)C(C)C. The summed E-state index contributed by atoms with van der Waals surface area (Å²) in [4.78, 5) is 271. The molecule has 139 heavy (non-hydrogen) atoms. The molecule has 2 N–H and O–H groups in total. The number of Topliss-reactive ketones (excluding diaryl/α,β-unsaturated/α-hetero) is 4. The first-order chi connectivity index (χ1) is 65.7. The quantitative estimate of drug-likeness (QED) is 0.0581. The lowest BCUT2D eigenvalue weighted by Crippen LogP contribution is -2.55. The lowest BCUT2D eigenvalue weighted by atomic mass is 9.83. The third-order valence-corrected chi connectivity index (χ3v) is 32.2. The second-order valence-electron chi connectivity index (χ2n) is 40.0. The number of carboxylic acid groups (broad SMARTS) is 2. The lowest BCUT2D eigenvalue weighted by molar-refractivity contribution is -0.167. The Balaban J connectivity index is 1.11. The molecule has 0 radical (unpaired) electrons. The first kappa shape index (κ1) is 117. The Morgan fingerprint density at radius 2 is 0.763 bits per heavy atom. The van der Waals surface area contributed by atoms with E-state index in [4.69, 9.17) is 18.9 Å². The Bertz CT molecular complexity index is 4300. The average Bonchev–Trinajstić information content (AvgIpc) is 1.78. The zero-order valence-electron chi connectivity index (χ0n) is 85.9. The Kier molecular flexibility index (Phi) is 45.9. The molecule has 36 heteroatoms. The smallest absolute Gasteiger partial charge is 0.307 e.